The summed E-state index contributed by atoms with van der Waals surface area (Å²) in [7, 11) is 0. The lowest BCUT2D eigenvalue weighted by Crippen LogP contribution is -2.44. The molecule has 0 heterocycles. The smallest absolute Gasteiger partial charge is 0.0281 e. The molecule has 0 aromatic rings. The normalized spacial score (nSPS) is 39.9. The standard InChI is InChI=1S/C14H25NS/c1-16-14(5-2-6-14)10-15-9-13-8-11-3-4-12(13)7-11/h11-13,15H,2-10H2,1H3. The van der Waals surface area contributed by atoms with E-state index in [1.165, 1.54) is 51.6 Å². The lowest BCUT2D eigenvalue weighted by atomic mass is 9.83. The van der Waals surface area contributed by atoms with Crippen molar-refractivity contribution >= 4 is 11.8 Å². The first kappa shape index (κ1) is 11.4. The second-order valence-electron chi connectivity index (χ2n) is 6.31. The van der Waals surface area contributed by atoms with Gasteiger partial charge in [-0.05, 0) is 62.7 Å². The van der Waals surface area contributed by atoms with Crippen LogP contribution in [0.2, 0.25) is 0 Å². The molecule has 0 spiro atoms. The van der Waals surface area contributed by atoms with Gasteiger partial charge in [0.25, 0.3) is 0 Å². The van der Waals surface area contributed by atoms with Gasteiger partial charge in [0.15, 0.2) is 0 Å². The van der Waals surface area contributed by atoms with Crippen LogP contribution in [0.3, 0.4) is 0 Å². The first-order valence-electron chi connectivity index (χ1n) is 7.07. The van der Waals surface area contributed by atoms with E-state index in [1.54, 1.807) is 6.42 Å². The number of nitrogens with one attached hydrogen (secondary N) is 1. The highest BCUT2D eigenvalue weighted by Gasteiger charge is 2.40. The lowest BCUT2D eigenvalue weighted by molar-refractivity contribution is 0.292. The van der Waals surface area contributed by atoms with Crippen LogP contribution in [0.1, 0.15) is 44.9 Å². The third-order valence-corrected chi connectivity index (χ3v) is 6.85. The highest BCUT2D eigenvalue weighted by atomic mass is 32.2. The van der Waals surface area contributed by atoms with Crippen LogP contribution >= 0.6 is 11.8 Å². The Morgan fingerprint density at radius 2 is 2.12 bits per heavy atom. The van der Waals surface area contributed by atoms with Crippen molar-refractivity contribution in [3.05, 3.63) is 0 Å². The van der Waals surface area contributed by atoms with Gasteiger partial charge in [-0.15, -0.1) is 0 Å². The quantitative estimate of drug-likeness (QED) is 0.790. The van der Waals surface area contributed by atoms with Crippen LogP contribution in [-0.4, -0.2) is 24.1 Å². The summed E-state index contributed by atoms with van der Waals surface area (Å²) >= 11 is 2.09. The minimum absolute atomic E-state index is 0.623. The van der Waals surface area contributed by atoms with Crippen LogP contribution in [-0.2, 0) is 0 Å². The van der Waals surface area contributed by atoms with E-state index in [1.807, 2.05) is 0 Å². The number of fused-ring (bicyclic) bond motifs is 2. The van der Waals surface area contributed by atoms with Gasteiger partial charge in [-0.3, -0.25) is 0 Å². The zero-order chi connectivity index (χ0) is 11.0. The fourth-order valence-corrected chi connectivity index (χ4v) is 5.08. The van der Waals surface area contributed by atoms with Crippen molar-refractivity contribution in [2.45, 2.75) is 49.7 Å². The molecule has 0 aromatic heterocycles. The third-order valence-electron chi connectivity index (χ3n) is 5.44. The van der Waals surface area contributed by atoms with Crippen molar-refractivity contribution in [3.8, 4) is 0 Å². The van der Waals surface area contributed by atoms with Gasteiger partial charge in [0.05, 0.1) is 0 Å². The van der Waals surface area contributed by atoms with Crippen molar-refractivity contribution in [2.24, 2.45) is 17.8 Å². The van der Waals surface area contributed by atoms with E-state index in [-0.39, 0.29) is 0 Å². The van der Waals surface area contributed by atoms with Gasteiger partial charge in [-0.2, -0.15) is 11.8 Å². The molecular weight excluding hydrogens is 214 g/mol. The largest absolute Gasteiger partial charge is 0.315 e. The molecule has 92 valence electrons. The number of hydrogen-bond donors (Lipinski definition) is 1. The first-order valence-corrected chi connectivity index (χ1v) is 8.30. The highest BCUT2D eigenvalue weighted by molar-refractivity contribution is 8.00. The molecule has 2 bridgehead atoms. The Kier molecular flexibility index (Phi) is 3.23. The van der Waals surface area contributed by atoms with Crippen LogP contribution < -0.4 is 5.32 Å². The summed E-state index contributed by atoms with van der Waals surface area (Å²) < 4.78 is 0.623. The molecule has 3 rings (SSSR count). The van der Waals surface area contributed by atoms with E-state index in [0.29, 0.717) is 4.75 Å². The van der Waals surface area contributed by atoms with Crippen LogP contribution in [0.5, 0.6) is 0 Å². The molecule has 0 aliphatic heterocycles. The van der Waals surface area contributed by atoms with Gasteiger partial charge in [-0.1, -0.05) is 12.8 Å². The molecule has 0 amide bonds. The van der Waals surface area contributed by atoms with Gasteiger partial charge in [0.2, 0.25) is 0 Å². The molecule has 3 aliphatic rings. The molecular formula is C14H25NS. The van der Waals surface area contributed by atoms with Gasteiger partial charge in [0.1, 0.15) is 0 Å². The van der Waals surface area contributed by atoms with Gasteiger partial charge in [0, 0.05) is 11.3 Å². The summed E-state index contributed by atoms with van der Waals surface area (Å²) in [6.07, 6.45) is 12.8. The molecule has 3 unspecified atom stereocenters. The summed E-state index contributed by atoms with van der Waals surface area (Å²) in [6.45, 7) is 2.57. The second kappa shape index (κ2) is 4.53. The molecule has 1 N–H and O–H groups in total. The SMILES string of the molecule is CSC1(CNCC2CC3CCC2C3)CCC1. The predicted octanol–water partition coefficient (Wildman–Crippen LogP) is 3.30. The summed E-state index contributed by atoms with van der Waals surface area (Å²) in [5.74, 6) is 3.22. The molecule has 3 fully saturated rings. The van der Waals surface area contributed by atoms with E-state index in [9.17, 15) is 0 Å². The van der Waals surface area contributed by atoms with E-state index in [2.05, 4.69) is 23.3 Å². The summed E-state index contributed by atoms with van der Waals surface area (Å²) in [5.41, 5.74) is 0. The Labute approximate surface area is 104 Å². The van der Waals surface area contributed by atoms with Crippen molar-refractivity contribution < 1.29 is 0 Å². The molecule has 3 atom stereocenters. The molecule has 2 heteroatoms. The highest BCUT2D eigenvalue weighted by Crippen LogP contribution is 2.48. The zero-order valence-electron chi connectivity index (χ0n) is 10.5. The third kappa shape index (κ3) is 2.03. The van der Waals surface area contributed by atoms with E-state index in [4.69, 9.17) is 0 Å². The first-order chi connectivity index (χ1) is 7.81. The van der Waals surface area contributed by atoms with Crippen molar-refractivity contribution in [1.29, 1.82) is 0 Å². The van der Waals surface area contributed by atoms with Crippen LogP contribution in [0.25, 0.3) is 0 Å². The summed E-state index contributed by atoms with van der Waals surface area (Å²) in [4.78, 5) is 0. The lowest BCUT2D eigenvalue weighted by Gasteiger charge is -2.41. The molecule has 1 nitrogen and oxygen atoms in total. The predicted molar refractivity (Wildman–Crippen MR) is 71.9 cm³/mol. The minimum atomic E-state index is 0.623. The molecule has 3 aliphatic carbocycles. The molecule has 0 saturated heterocycles. The van der Waals surface area contributed by atoms with Crippen molar-refractivity contribution in [3.63, 3.8) is 0 Å². The number of rotatable bonds is 5. The summed E-state index contributed by atoms with van der Waals surface area (Å²) in [5, 5.41) is 3.79. The topological polar surface area (TPSA) is 12.0 Å². The van der Waals surface area contributed by atoms with E-state index in [0.717, 1.165) is 17.8 Å². The van der Waals surface area contributed by atoms with E-state index >= 15 is 0 Å². The van der Waals surface area contributed by atoms with Gasteiger partial charge in [-0.25, -0.2) is 0 Å². The van der Waals surface area contributed by atoms with Gasteiger partial charge < -0.3 is 5.32 Å². The Morgan fingerprint density at radius 3 is 2.62 bits per heavy atom. The molecule has 0 aromatic carbocycles. The van der Waals surface area contributed by atoms with Crippen LogP contribution in [0, 0.1) is 17.8 Å². The second-order valence-corrected chi connectivity index (χ2v) is 7.58. The fraction of sp³-hybridized carbons (Fsp3) is 1.00. The Bertz CT molecular complexity index is 244. The number of hydrogen-bond acceptors (Lipinski definition) is 2. The Morgan fingerprint density at radius 1 is 1.25 bits per heavy atom. The van der Waals surface area contributed by atoms with E-state index < -0.39 is 0 Å². The monoisotopic (exact) mass is 239 g/mol. The fourth-order valence-electron chi connectivity index (χ4n) is 4.14. The van der Waals surface area contributed by atoms with Gasteiger partial charge >= 0.3 is 0 Å². The average Bonchev–Trinajstić information content (AvgIpc) is 2.83. The maximum Gasteiger partial charge on any atom is 0.0281 e. The van der Waals surface area contributed by atoms with Crippen LogP contribution in [0.15, 0.2) is 0 Å². The van der Waals surface area contributed by atoms with Crippen LogP contribution in [0.4, 0.5) is 0 Å². The molecule has 0 radical (unpaired) electrons. The maximum absolute atomic E-state index is 3.79. The summed E-state index contributed by atoms with van der Waals surface area (Å²) in [6, 6.07) is 0. The average molecular weight is 239 g/mol. The Balaban J connectivity index is 1.40. The zero-order valence-corrected chi connectivity index (χ0v) is 11.3. The van der Waals surface area contributed by atoms with Crippen molar-refractivity contribution in [1.82, 2.24) is 5.32 Å². The van der Waals surface area contributed by atoms with Crippen molar-refractivity contribution in [2.75, 3.05) is 19.3 Å². The Hall–Kier alpha value is 0.310. The minimum Gasteiger partial charge on any atom is -0.315 e. The maximum atomic E-state index is 3.79. The molecule has 3 saturated carbocycles. The molecule has 16 heavy (non-hydrogen) atoms. The number of thioether (sulfide) groups is 1.